The van der Waals surface area contributed by atoms with Crippen molar-refractivity contribution in [3.8, 4) is 0 Å². The number of halogens is 1. The van der Waals surface area contributed by atoms with Crippen LogP contribution in [0.25, 0.3) is 11.2 Å². The molecular formula is C27H28ClN5O2. The summed E-state index contributed by atoms with van der Waals surface area (Å²) in [7, 11) is 0. The van der Waals surface area contributed by atoms with Gasteiger partial charge < -0.3 is 5.32 Å². The van der Waals surface area contributed by atoms with E-state index in [2.05, 4.69) is 15.3 Å². The van der Waals surface area contributed by atoms with Crippen molar-refractivity contribution in [3.05, 3.63) is 93.3 Å². The minimum atomic E-state index is -0.132. The molecule has 0 unspecified atom stereocenters. The third kappa shape index (κ3) is 5.00. The molecule has 0 atom stereocenters. The van der Waals surface area contributed by atoms with Gasteiger partial charge in [0.05, 0.1) is 28.3 Å². The number of hydrogen-bond donors (Lipinski definition) is 1. The van der Waals surface area contributed by atoms with E-state index in [1.165, 1.54) is 0 Å². The van der Waals surface area contributed by atoms with Crippen molar-refractivity contribution >= 4 is 28.7 Å². The molecule has 1 aliphatic carbocycles. The van der Waals surface area contributed by atoms with Gasteiger partial charge in [-0.15, -0.1) is 0 Å². The molecular weight excluding hydrogens is 462 g/mol. The molecule has 3 aromatic heterocycles. The van der Waals surface area contributed by atoms with Gasteiger partial charge in [-0.2, -0.15) is 0 Å². The van der Waals surface area contributed by atoms with Crippen LogP contribution in [-0.2, 0) is 13.1 Å². The number of hydrogen-bond acceptors (Lipinski definition) is 4. The van der Waals surface area contributed by atoms with Crippen LogP contribution < -0.4 is 11.0 Å². The van der Waals surface area contributed by atoms with Crippen LogP contribution in [0.4, 0.5) is 0 Å². The molecule has 4 aromatic rings. The zero-order valence-electron chi connectivity index (χ0n) is 19.7. The highest BCUT2D eigenvalue weighted by Crippen LogP contribution is 2.27. The highest BCUT2D eigenvalue weighted by molar-refractivity contribution is 6.30. The summed E-state index contributed by atoms with van der Waals surface area (Å²) < 4.78 is 3.63. The predicted octanol–water partition coefficient (Wildman–Crippen LogP) is 4.59. The Morgan fingerprint density at radius 1 is 1.06 bits per heavy atom. The maximum atomic E-state index is 13.4. The van der Waals surface area contributed by atoms with Crippen molar-refractivity contribution in [2.75, 3.05) is 0 Å². The monoisotopic (exact) mass is 489 g/mol. The highest BCUT2D eigenvalue weighted by Gasteiger charge is 2.25. The first-order chi connectivity index (χ1) is 17.0. The molecule has 1 aliphatic rings. The van der Waals surface area contributed by atoms with E-state index in [1.807, 2.05) is 54.0 Å². The average Bonchev–Trinajstić information content (AvgIpc) is 3.13. The second-order valence-corrected chi connectivity index (χ2v) is 9.73. The lowest BCUT2D eigenvalue weighted by Crippen LogP contribution is -2.39. The van der Waals surface area contributed by atoms with Gasteiger partial charge in [0.15, 0.2) is 5.65 Å². The number of nitrogens with one attached hydrogen (secondary N) is 1. The number of benzene rings is 1. The minimum Gasteiger partial charge on any atom is -0.349 e. The topological polar surface area (TPSA) is 81.8 Å². The van der Waals surface area contributed by atoms with Crippen LogP contribution in [0, 0.1) is 12.8 Å². The molecule has 0 spiro atoms. The van der Waals surface area contributed by atoms with E-state index in [9.17, 15) is 9.59 Å². The number of carbonyl (C=O) groups is 1. The molecule has 180 valence electrons. The van der Waals surface area contributed by atoms with Gasteiger partial charge >= 0.3 is 5.69 Å². The minimum absolute atomic E-state index is 0.0260. The third-order valence-corrected chi connectivity index (χ3v) is 7.09. The average molecular weight is 490 g/mol. The quantitative estimate of drug-likeness (QED) is 0.429. The van der Waals surface area contributed by atoms with E-state index in [1.54, 1.807) is 23.0 Å². The Hall–Kier alpha value is -3.45. The molecule has 1 saturated carbocycles. The second kappa shape index (κ2) is 10.0. The molecule has 1 amide bonds. The van der Waals surface area contributed by atoms with Crippen LogP contribution >= 0.6 is 11.6 Å². The first kappa shape index (κ1) is 23.3. The van der Waals surface area contributed by atoms with E-state index in [4.69, 9.17) is 11.6 Å². The van der Waals surface area contributed by atoms with Crippen LogP contribution in [0.5, 0.6) is 0 Å². The van der Waals surface area contributed by atoms with Gasteiger partial charge in [0.2, 0.25) is 0 Å². The van der Waals surface area contributed by atoms with Crippen molar-refractivity contribution in [1.29, 1.82) is 0 Å². The Bertz CT molecular complexity index is 1400. The number of pyridine rings is 2. The molecule has 7 nitrogen and oxygen atoms in total. The van der Waals surface area contributed by atoms with E-state index in [0.717, 1.165) is 36.8 Å². The fraction of sp³-hybridized carbons (Fsp3) is 0.333. The van der Waals surface area contributed by atoms with E-state index in [-0.39, 0.29) is 17.6 Å². The molecule has 1 fully saturated rings. The van der Waals surface area contributed by atoms with Gasteiger partial charge in [0.1, 0.15) is 0 Å². The Kier molecular flexibility index (Phi) is 6.68. The zero-order chi connectivity index (χ0) is 24.4. The third-order valence-electron chi connectivity index (χ3n) is 6.88. The Labute approximate surface area is 208 Å². The number of fused-ring (bicyclic) bond motifs is 1. The number of aryl methyl sites for hydroxylation is 1. The lowest BCUT2D eigenvalue weighted by molar-refractivity contribution is 0.0919. The number of imidazole rings is 1. The largest absolute Gasteiger partial charge is 0.349 e. The summed E-state index contributed by atoms with van der Waals surface area (Å²) >= 11 is 6.02. The van der Waals surface area contributed by atoms with Crippen LogP contribution in [0.2, 0.25) is 5.02 Å². The van der Waals surface area contributed by atoms with Crippen molar-refractivity contribution in [2.24, 2.45) is 5.92 Å². The lowest BCUT2D eigenvalue weighted by Gasteiger charge is -2.29. The lowest BCUT2D eigenvalue weighted by atomic mass is 9.85. The van der Waals surface area contributed by atoms with Crippen molar-refractivity contribution in [1.82, 2.24) is 24.4 Å². The molecule has 35 heavy (non-hydrogen) atoms. The number of rotatable bonds is 6. The van der Waals surface area contributed by atoms with Gasteiger partial charge in [-0.05, 0) is 62.3 Å². The summed E-state index contributed by atoms with van der Waals surface area (Å²) in [6, 6.07) is 15.6. The van der Waals surface area contributed by atoms with E-state index < -0.39 is 0 Å². The number of carbonyl (C=O) groups excluding carboxylic acids is 1. The normalized spacial score (nSPS) is 18.0. The van der Waals surface area contributed by atoms with Gasteiger partial charge in [0.25, 0.3) is 5.91 Å². The molecule has 8 heteroatoms. The van der Waals surface area contributed by atoms with E-state index >= 15 is 0 Å². The Balaban J connectivity index is 1.27. The van der Waals surface area contributed by atoms with Gasteiger partial charge in [-0.25, -0.2) is 9.78 Å². The van der Waals surface area contributed by atoms with Gasteiger partial charge in [-0.3, -0.25) is 18.9 Å². The van der Waals surface area contributed by atoms with Crippen molar-refractivity contribution in [3.63, 3.8) is 0 Å². The number of aromatic nitrogens is 4. The highest BCUT2D eigenvalue weighted by atomic mass is 35.5. The molecule has 0 aliphatic heterocycles. The number of amides is 1. The summed E-state index contributed by atoms with van der Waals surface area (Å²) in [5.41, 5.74) is 3.81. The fourth-order valence-corrected chi connectivity index (χ4v) is 5.14. The second-order valence-electron chi connectivity index (χ2n) is 9.29. The van der Waals surface area contributed by atoms with Crippen LogP contribution in [0.15, 0.2) is 65.7 Å². The maximum absolute atomic E-state index is 13.4. The molecule has 3 heterocycles. The molecule has 0 bridgehead atoms. The number of nitrogens with zero attached hydrogens (tertiary/aromatic N) is 4. The first-order valence-corrected chi connectivity index (χ1v) is 12.4. The Morgan fingerprint density at radius 3 is 2.60 bits per heavy atom. The molecule has 0 radical (unpaired) electrons. The summed E-state index contributed by atoms with van der Waals surface area (Å²) in [4.78, 5) is 34.8. The van der Waals surface area contributed by atoms with Crippen molar-refractivity contribution in [2.45, 2.75) is 51.7 Å². The summed E-state index contributed by atoms with van der Waals surface area (Å²) in [6.07, 6.45) is 6.91. The fourth-order valence-electron chi connectivity index (χ4n) is 4.98. The van der Waals surface area contributed by atoms with Crippen LogP contribution in [0.1, 0.15) is 47.3 Å². The summed E-state index contributed by atoms with van der Waals surface area (Å²) in [5, 5.41) is 3.59. The summed E-state index contributed by atoms with van der Waals surface area (Å²) in [5.74, 6) is 0.235. The molecule has 0 saturated heterocycles. The van der Waals surface area contributed by atoms with Gasteiger partial charge in [0, 0.05) is 25.0 Å². The first-order valence-electron chi connectivity index (χ1n) is 12.0. The molecule has 1 N–H and O–H groups in total. The molecule has 1 aromatic carbocycles. The van der Waals surface area contributed by atoms with Crippen LogP contribution in [0.3, 0.4) is 0 Å². The predicted molar refractivity (Wildman–Crippen MR) is 137 cm³/mol. The van der Waals surface area contributed by atoms with Gasteiger partial charge in [-0.1, -0.05) is 41.9 Å². The smallest absolute Gasteiger partial charge is 0.330 e. The standard InChI is InChI=1S/C27H28ClN5O2/c1-18-23(14-21(28)15-30-18)26(34)31-22-11-9-20(10-12-22)16-32-24-8-5-13-29-25(24)33(27(32)35)17-19-6-3-2-4-7-19/h2-8,13-15,20,22H,9-12,16-17H2,1H3,(H,31,34). The van der Waals surface area contributed by atoms with Crippen molar-refractivity contribution < 1.29 is 4.79 Å². The Morgan fingerprint density at radius 2 is 1.83 bits per heavy atom. The van der Waals surface area contributed by atoms with E-state index in [0.29, 0.717) is 40.9 Å². The summed E-state index contributed by atoms with van der Waals surface area (Å²) in [6.45, 7) is 2.96. The zero-order valence-corrected chi connectivity index (χ0v) is 20.4. The maximum Gasteiger partial charge on any atom is 0.330 e. The molecule has 5 rings (SSSR count). The van der Waals surface area contributed by atoms with Crippen LogP contribution in [-0.4, -0.2) is 31.1 Å². The SMILES string of the molecule is Cc1ncc(Cl)cc1C(=O)NC1CCC(Cn2c(=O)n(Cc3ccccc3)c3ncccc32)CC1.